The zero-order chi connectivity index (χ0) is 7.72. The molecule has 4 atom stereocenters. The Morgan fingerprint density at radius 2 is 1.70 bits per heavy atom. The molecule has 0 unspecified atom stereocenters. The largest absolute Gasteiger partial charge is 0.375 e. The van der Waals surface area contributed by atoms with Gasteiger partial charge in [-0.25, -0.2) is 0 Å². The van der Waals surface area contributed by atoms with E-state index in [2.05, 4.69) is 27.7 Å². The third-order valence-corrected chi connectivity index (χ3v) is 2.79. The highest BCUT2D eigenvalue weighted by Gasteiger charge is 2.27. The van der Waals surface area contributed by atoms with Gasteiger partial charge in [-0.2, -0.15) is 0 Å². The van der Waals surface area contributed by atoms with Gasteiger partial charge in [-0.15, -0.1) is 0 Å². The SMILES string of the molecule is C[C@H]1[C@H](C)O[C@H](C)C[C@@H]1C. The average molecular weight is 142 g/mol. The fourth-order valence-electron chi connectivity index (χ4n) is 1.75. The molecule has 0 N–H and O–H groups in total. The maximum Gasteiger partial charge on any atom is 0.0578 e. The Bertz CT molecular complexity index is 99.3. The molecule has 1 nitrogen and oxygen atoms in total. The van der Waals surface area contributed by atoms with Gasteiger partial charge in [0.25, 0.3) is 0 Å². The third kappa shape index (κ3) is 1.51. The summed E-state index contributed by atoms with van der Waals surface area (Å²) in [7, 11) is 0. The normalized spacial score (nSPS) is 49.2. The first-order valence-corrected chi connectivity index (χ1v) is 4.26. The van der Waals surface area contributed by atoms with Gasteiger partial charge in [-0.1, -0.05) is 13.8 Å². The summed E-state index contributed by atoms with van der Waals surface area (Å²) < 4.78 is 5.67. The molecule has 1 fully saturated rings. The van der Waals surface area contributed by atoms with Crippen LogP contribution in [0.15, 0.2) is 0 Å². The van der Waals surface area contributed by atoms with Crippen LogP contribution < -0.4 is 0 Å². The van der Waals surface area contributed by atoms with E-state index in [1.165, 1.54) is 6.42 Å². The van der Waals surface area contributed by atoms with Crippen molar-refractivity contribution in [3.63, 3.8) is 0 Å². The molecular weight excluding hydrogens is 124 g/mol. The van der Waals surface area contributed by atoms with Crippen molar-refractivity contribution < 1.29 is 4.74 Å². The molecule has 10 heavy (non-hydrogen) atoms. The van der Waals surface area contributed by atoms with E-state index in [1.807, 2.05) is 0 Å². The molecule has 60 valence electrons. The van der Waals surface area contributed by atoms with Crippen LogP contribution in [0.1, 0.15) is 34.1 Å². The molecule has 1 heteroatoms. The Hall–Kier alpha value is -0.0400. The zero-order valence-electron chi connectivity index (χ0n) is 7.42. The Kier molecular flexibility index (Phi) is 2.35. The van der Waals surface area contributed by atoms with Crippen molar-refractivity contribution in [2.24, 2.45) is 11.8 Å². The summed E-state index contributed by atoms with van der Waals surface area (Å²) in [4.78, 5) is 0. The second kappa shape index (κ2) is 2.91. The van der Waals surface area contributed by atoms with Crippen molar-refractivity contribution in [3.8, 4) is 0 Å². The molecular formula is C9H18O. The van der Waals surface area contributed by atoms with E-state index in [1.54, 1.807) is 0 Å². The monoisotopic (exact) mass is 142 g/mol. The predicted octanol–water partition coefficient (Wildman–Crippen LogP) is 2.46. The van der Waals surface area contributed by atoms with E-state index < -0.39 is 0 Å². The molecule has 0 radical (unpaired) electrons. The van der Waals surface area contributed by atoms with Gasteiger partial charge in [0.05, 0.1) is 12.2 Å². The smallest absolute Gasteiger partial charge is 0.0578 e. The van der Waals surface area contributed by atoms with Crippen molar-refractivity contribution in [3.05, 3.63) is 0 Å². The number of hydrogen-bond donors (Lipinski definition) is 0. The lowest BCUT2D eigenvalue weighted by molar-refractivity contribution is -0.0828. The quantitative estimate of drug-likeness (QED) is 0.505. The molecule has 1 aliphatic rings. The minimum absolute atomic E-state index is 0.457. The maximum absolute atomic E-state index is 5.67. The van der Waals surface area contributed by atoms with Crippen LogP contribution >= 0.6 is 0 Å². The van der Waals surface area contributed by atoms with Gasteiger partial charge in [0.15, 0.2) is 0 Å². The van der Waals surface area contributed by atoms with Crippen LogP contribution in [0.4, 0.5) is 0 Å². The van der Waals surface area contributed by atoms with Crippen molar-refractivity contribution in [2.45, 2.75) is 46.3 Å². The summed E-state index contributed by atoms with van der Waals surface area (Å²) >= 11 is 0. The second-order valence-electron chi connectivity index (χ2n) is 3.72. The number of hydrogen-bond acceptors (Lipinski definition) is 1. The molecule has 0 aromatic rings. The van der Waals surface area contributed by atoms with Crippen LogP contribution in [0.2, 0.25) is 0 Å². The molecule has 0 bridgehead atoms. The number of ether oxygens (including phenoxy) is 1. The summed E-state index contributed by atoms with van der Waals surface area (Å²) in [6.45, 7) is 8.94. The van der Waals surface area contributed by atoms with E-state index in [0.717, 1.165) is 11.8 Å². The van der Waals surface area contributed by atoms with Gasteiger partial charge >= 0.3 is 0 Å². The fourth-order valence-corrected chi connectivity index (χ4v) is 1.75. The fraction of sp³-hybridized carbons (Fsp3) is 1.00. The maximum atomic E-state index is 5.67. The van der Waals surface area contributed by atoms with Crippen LogP contribution in [0.3, 0.4) is 0 Å². The molecule has 1 aliphatic heterocycles. The van der Waals surface area contributed by atoms with Gasteiger partial charge in [0, 0.05) is 0 Å². The molecule has 0 aliphatic carbocycles. The molecule has 0 spiro atoms. The van der Waals surface area contributed by atoms with E-state index >= 15 is 0 Å². The lowest BCUT2D eigenvalue weighted by atomic mass is 9.85. The average Bonchev–Trinajstić information content (AvgIpc) is 1.82. The van der Waals surface area contributed by atoms with Gasteiger partial charge < -0.3 is 4.74 Å². The first-order chi connectivity index (χ1) is 4.61. The summed E-state index contributed by atoms with van der Waals surface area (Å²) in [6.07, 6.45) is 2.16. The van der Waals surface area contributed by atoms with Crippen LogP contribution in [0.5, 0.6) is 0 Å². The van der Waals surface area contributed by atoms with E-state index in [4.69, 9.17) is 4.74 Å². The summed E-state index contributed by atoms with van der Waals surface area (Å²) in [5.41, 5.74) is 0. The Morgan fingerprint density at radius 3 is 2.20 bits per heavy atom. The molecule has 1 saturated heterocycles. The summed E-state index contributed by atoms with van der Waals surface area (Å²) in [5.74, 6) is 1.56. The van der Waals surface area contributed by atoms with Crippen molar-refractivity contribution >= 4 is 0 Å². The molecule has 0 saturated carbocycles. The summed E-state index contributed by atoms with van der Waals surface area (Å²) in [6, 6.07) is 0. The first kappa shape index (κ1) is 8.06. The second-order valence-corrected chi connectivity index (χ2v) is 3.72. The molecule has 0 aromatic heterocycles. The highest BCUT2D eigenvalue weighted by molar-refractivity contribution is 4.76. The predicted molar refractivity (Wildman–Crippen MR) is 43.0 cm³/mol. The third-order valence-electron chi connectivity index (χ3n) is 2.79. The zero-order valence-corrected chi connectivity index (χ0v) is 7.42. The van der Waals surface area contributed by atoms with Gasteiger partial charge in [-0.3, -0.25) is 0 Å². The van der Waals surface area contributed by atoms with E-state index in [0.29, 0.717) is 12.2 Å². The Morgan fingerprint density at radius 1 is 1.10 bits per heavy atom. The standard InChI is InChI=1S/C9H18O/c1-6-5-7(2)10-9(4)8(6)3/h6-9H,5H2,1-4H3/t6-,7+,8+,9-/m0/s1. The molecule has 0 amide bonds. The number of rotatable bonds is 0. The van der Waals surface area contributed by atoms with Crippen LogP contribution in [0.25, 0.3) is 0 Å². The highest BCUT2D eigenvalue weighted by atomic mass is 16.5. The van der Waals surface area contributed by atoms with Gasteiger partial charge in [0.1, 0.15) is 0 Å². The van der Waals surface area contributed by atoms with Crippen LogP contribution in [-0.2, 0) is 4.74 Å². The van der Waals surface area contributed by atoms with Crippen molar-refractivity contribution in [2.75, 3.05) is 0 Å². The van der Waals surface area contributed by atoms with E-state index in [9.17, 15) is 0 Å². The lowest BCUT2D eigenvalue weighted by Crippen LogP contribution is -2.35. The topological polar surface area (TPSA) is 9.23 Å². The first-order valence-electron chi connectivity index (χ1n) is 4.26. The minimum atomic E-state index is 0.457. The Labute approximate surface area is 63.8 Å². The minimum Gasteiger partial charge on any atom is -0.375 e. The lowest BCUT2D eigenvalue weighted by Gasteiger charge is -2.35. The summed E-state index contributed by atoms with van der Waals surface area (Å²) in [5, 5.41) is 0. The molecule has 0 aromatic carbocycles. The molecule has 1 rings (SSSR count). The van der Waals surface area contributed by atoms with Crippen molar-refractivity contribution in [1.29, 1.82) is 0 Å². The highest BCUT2D eigenvalue weighted by Crippen LogP contribution is 2.29. The van der Waals surface area contributed by atoms with Gasteiger partial charge in [-0.05, 0) is 32.1 Å². The van der Waals surface area contributed by atoms with Crippen molar-refractivity contribution in [1.82, 2.24) is 0 Å². The van der Waals surface area contributed by atoms with Crippen LogP contribution in [-0.4, -0.2) is 12.2 Å². The molecule has 1 heterocycles. The van der Waals surface area contributed by atoms with E-state index in [-0.39, 0.29) is 0 Å². The Balaban J connectivity index is 2.49. The van der Waals surface area contributed by atoms with Gasteiger partial charge in [0.2, 0.25) is 0 Å². The van der Waals surface area contributed by atoms with Crippen LogP contribution in [0, 0.1) is 11.8 Å².